The Hall–Kier alpha value is -3.85. The molecule has 1 saturated heterocycles. The molecule has 9 heteroatoms. The molecule has 5 aromatic rings. The van der Waals surface area contributed by atoms with E-state index in [2.05, 4.69) is 13.0 Å². The second kappa shape index (κ2) is 10.4. The van der Waals surface area contributed by atoms with E-state index in [1.807, 2.05) is 47.8 Å². The molecule has 1 unspecified atom stereocenters. The fourth-order valence-electron chi connectivity index (χ4n) is 4.71. The van der Waals surface area contributed by atoms with Crippen LogP contribution in [-0.2, 0) is 16.1 Å². The van der Waals surface area contributed by atoms with E-state index in [1.165, 1.54) is 26.7 Å². The molecule has 0 aliphatic carbocycles. The largest absolute Gasteiger partial charge is 0.321 e. The van der Waals surface area contributed by atoms with Crippen LogP contribution in [0.2, 0.25) is 5.02 Å². The van der Waals surface area contributed by atoms with Gasteiger partial charge in [-0.15, -0.1) is 22.7 Å². The van der Waals surface area contributed by atoms with E-state index in [0.717, 1.165) is 20.8 Å². The Bertz CT molecular complexity index is 1710. The first kappa shape index (κ1) is 25.4. The minimum absolute atomic E-state index is 0.0978. The van der Waals surface area contributed by atoms with Crippen LogP contribution in [0.15, 0.2) is 84.2 Å². The molecule has 0 saturated carbocycles. The van der Waals surface area contributed by atoms with E-state index in [9.17, 15) is 14.4 Å². The number of aromatic nitrogens is 1. The van der Waals surface area contributed by atoms with Crippen molar-refractivity contribution >= 4 is 67.9 Å². The molecule has 0 spiro atoms. The Morgan fingerprint density at radius 1 is 1.05 bits per heavy atom. The van der Waals surface area contributed by atoms with Gasteiger partial charge in [-0.05, 0) is 72.0 Å². The average Bonchev–Trinajstić information content (AvgIpc) is 3.67. The predicted octanol–water partition coefficient (Wildman–Crippen LogP) is 6.96. The summed E-state index contributed by atoms with van der Waals surface area (Å²) in [6.45, 7) is 2.17. The molecule has 6 nitrogen and oxygen atoms in total. The number of carbonyl (C=O) groups excluding carboxylic acids is 3. The third kappa shape index (κ3) is 4.87. The van der Waals surface area contributed by atoms with E-state index < -0.39 is 11.9 Å². The highest BCUT2D eigenvalue weighted by atomic mass is 35.5. The van der Waals surface area contributed by atoms with Gasteiger partial charge < -0.3 is 4.90 Å². The molecule has 39 heavy (non-hydrogen) atoms. The lowest BCUT2D eigenvalue weighted by Crippen LogP contribution is -2.45. The summed E-state index contributed by atoms with van der Waals surface area (Å²) in [5, 5.41) is 3.17. The van der Waals surface area contributed by atoms with Crippen LogP contribution in [-0.4, -0.2) is 33.6 Å². The normalized spacial score (nSPS) is 15.3. The van der Waals surface area contributed by atoms with Gasteiger partial charge in [-0.25, -0.2) is 9.88 Å². The van der Waals surface area contributed by atoms with E-state index >= 15 is 0 Å². The second-order valence-electron chi connectivity index (χ2n) is 9.33. The maximum Gasteiger partial charge on any atom is 0.264 e. The molecule has 0 radical (unpaired) electrons. The zero-order valence-corrected chi connectivity index (χ0v) is 23.2. The number of thiophene rings is 1. The molecular formula is C30H22ClN3O3S2. The van der Waals surface area contributed by atoms with Crippen LogP contribution in [0.5, 0.6) is 0 Å². The van der Waals surface area contributed by atoms with Crippen molar-refractivity contribution in [3.63, 3.8) is 0 Å². The van der Waals surface area contributed by atoms with E-state index in [4.69, 9.17) is 16.6 Å². The van der Waals surface area contributed by atoms with Crippen molar-refractivity contribution in [1.82, 2.24) is 9.88 Å². The lowest BCUT2D eigenvalue weighted by molar-refractivity contribution is -0.122. The second-order valence-corrected chi connectivity index (χ2v) is 11.7. The first-order valence-electron chi connectivity index (χ1n) is 12.3. The maximum absolute atomic E-state index is 13.7. The van der Waals surface area contributed by atoms with Gasteiger partial charge in [-0.2, -0.15) is 0 Å². The molecule has 3 aromatic carbocycles. The number of fused-ring (bicyclic) bond motifs is 1. The number of hydrogen-bond donors (Lipinski definition) is 0. The lowest BCUT2D eigenvalue weighted by atomic mass is 10.1. The number of nitrogens with zero attached hydrogens (tertiary/aromatic N) is 3. The summed E-state index contributed by atoms with van der Waals surface area (Å²) in [5.74, 6) is -1.09. The van der Waals surface area contributed by atoms with Crippen LogP contribution in [0.1, 0.15) is 27.2 Å². The summed E-state index contributed by atoms with van der Waals surface area (Å²) in [6.07, 6.45) is -0.0978. The molecule has 1 aliphatic heterocycles. The van der Waals surface area contributed by atoms with E-state index in [1.54, 1.807) is 41.7 Å². The zero-order chi connectivity index (χ0) is 27.1. The monoisotopic (exact) mass is 571 g/mol. The van der Waals surface area contributed by atoms with E-state index in [0.29, 0.717) is 21.2 Å². The van der Waals surface area contributed by atoms with Crippen LogP contribution >= 0.6 is 34.3 Å². The highest BCUT2D eigenvalue weighted by Gasteiger charge is 2.44. The average molecular weight is 572 g/mol. The summed E-state index contributed by atoms with van der Waals surface area (Å²) in [4.78, 5) is 48.2. The van der Waals surface area contributed by atoms with Gasteiger partial charge in [0.05, 0.1) is 27.2 Å². The number of benzene rings is 3. The summed E-state index contributed by atoms with van der Waals surface area (Å²) in [6, 6.07) is 23.2. The fourth-order valence-corrected chi connectivity index (χ4v) is 6.66. The topological polar surface area (TPSA) is 70.6 Å². The van der Waals surface area contributed by atoms with Gasteiger partial charge in [0.1, 0.15) is 11.0 Å². The SMILES string of the molecule is Cc1ccc2nc(-c3ccc(N4C(=O)CC(N(Cc5ccccc5Cl)C(=O)c5cccs5)C4=O)cc3)sc2c1. The van der Waals surface area contributed by atoms with Crippen LogP contribution in [0.25, 0.3) is 20.8 Å². The molecule has 6 rings (SSSR count). The minimum Gasteiger partial charge on any atom is -0.321 e. The van der Waals surface area contributed by atoms with Crippen LogP contribution in [0.3, 0.4) is 0 Å². The van der Waals surface area contributed by atoms with Gasteiger partial charge in [0.2, 0.25) is 5.91 Å². The minimum atomic E-state index is -0.935. The predicted molar refractivity (Wildman–Crippen MR) is 156 cm³/mol. The molecule has 3 heterocycles. The number of imide groups is 1. The Balaban J connectivity index is 1.28. The number of hydrogen-bond acceptors (Lipinski definition) is 6. The zero-order valence-electron chi connectivity index (χ0n) is 20.8. The number of carbonyl (C=O) groups is 3. The lowest BCUT2D eigenvalue weighted by Gasteiger charge is -2.27. The first-order chi connectivity index (χ1) is 18.9. The maximum atomic E-state index is 13.7. The molecule has 2 aromatic heterocycles. The van der Waals surface area contributed by atoms with Crippen LogP contribution in [0, 0.1) is 6.92 Å². The Morgan fingerprint density at radius 2 is 1.85 bits per heavy atom. The van der Waals surface area contributed by atoms with Crippen LogP contribution < -0.4 is 4.90 Å². The number of rotatable bonds is 6. The molecule has 3 amide bonds. The Kier molecular flexibility index (Phi) is 6.76. The molecule has 0 bridgehead atoms. The highest BCUT2D eigenvalue weighted by Crippen LogP contribution is 2.34. The van der Waals surface area contributed by atoms with E-state index in [-0.39, 0.29) is 24.8 Å². The van der Waals surface area contributed by atoms with Crippen molar-refractivity contribution in [2.45, 2.75) is 25.9 Å². The number of anilines is 1. The molecule has 1 fully saturated rings. The summed E-state index contributed by atoms with van der Waals surface area (Å²) < 4.78 is 1.11. The van der Waals surface area contributed by atoms with Crippen molar-refractivity contribution in [2.24, 2.45) is 0 Å². The van der Waals surface area contributed by atoms with Crippen molar-refractivity contribution in [1.29, 1.82) is 0 Å². The van der Waals surface area contributed by atoms with Crippen LogP contribution in [0.4, 0.5) is 5.69 Å². The molecular weight excluding hydrogens is 550 g/mol. The number of aryl methyl sites for hydroxylation is 1. The van der Waals surface area contributed by atoms with Gasteiger partial charge in [0.15, 0.2) is 0 Å². The van der Waals surface area contributed by atoms with Gasteiger partial charge in [-0.3, -0.25) is 14.4 Å². The summed E-state index contributed by atoms with van der Waals surface area (Å²) in [5.41, 5.74) is 4.19. The Labute approximate surface area is 238 Å². The molecule has 1 atom stereocenters. The summed E-state index contributed by atoms with van der Waals surface area (Å²) in [7, 11) is 0. The quantitative estimate of drug-likeness (QED) is 0.207. The third-order valence-electron chi connectivity index (χ3n) is 6.71. The summed E-state index contributed by atoms with van der Waals surface area (Å²) >= 11 is 9.29. The van der Waals surface area contributed by atoms with Crippen molar-refractivity contribution in [2.75, 3.05) is 4.90 Å². The van der Waals surface area contributed by atoms with Gasteiger partial charge in [0, 0.05) is 17.1 Å². The first-order valence-corrected chi connectivity index (χ1v) is 14.4. The molecule has 1 aliphatic rings. The van der Waals surface area contributed by atoms with Crippen molar-refractivity contribution in [3.05, 3.63) is 105 Å². The number of amides is 3. The number of thiazole rings is 1. The van der Waals surface area contributed by atoms with Gasteiger partial charge in [-0.1, -0.05) is 41.9 Å². The smallest absolute Gasteiger partial charge is 0.264 e. The van der Waals surface area contributed by atoms with Crippen molar-refractivity contribution in [3.8, 4) is 10.6 Å². The van der Waals surface area contributed by atoms with Crippen molar-refractivity contribution < 1.29 is 14.4 Å². The highest BCUT2D eigenvalue weighted by molar-refractivity contribution is 7.21. The van der Waals surface area contributed by atoms with Gasteiger partial charge in [0.25, 0.3) is 11.8 Å². The number of halogens is 1. The third-order valence-corrected chi connectivity index (χ3v) is 9.00. The standard InChI is InChI=1S/C30H22ClN3O3S2/c1-18-8-13-23-26(15-18)39-28(32-23)19-9-11-21(12-10-19)34-27(35)16-24(29(34)36)33(30(37)25-7-4-14-38-25)17-20-5-2-3-6-22(20)31/h2-15,24H,16-17H2,1H3. The molecule has 194 valence electrons. The molecule has 0 N–H and O–H groups in total. The van der Waals surface area contributed by atoms with Gasteiger partial charge >= 0.3 is 0 Å². The fraction of sp³-hybridized carbons (Fsp3) is 0.133. The Morgan fingerprint density at radius 3 is 2.59 bits per heavy atom.